The Balaban J connectivity index is 1.65. The van der Waals surface area contributed by atoms with Gasteiger partial charge >= 0.3 is 0 Å². The number of amides is 1. The molecule has 2 aromatic heterocycles. The van der Waals surface area contributed by atoms with E-state index in [9.17, 15) is 4.79 Å². The van der Waals surface area contributed by atoms with Crippen LogP contribution >= 0.6 is 11.8 Å². The zero-order chi connectivity index (χ0) is 19.6. The third-order valence-corrected chi connectivity index (χ3v) is 4.89. The second kappa shape index (κ2) is 7.51. The molecule has 0 saturated heterocycles. The molecular formula is C18H23N7OS. The van der Waals surface area contributed by atoms with Gasteiger partial charge in [-0.05, 0) is 29.5 Å². The van der Waals surface area contributed by atoms with E-state index in [0.29, 0.717) is 11.0 Å². The van der Waals surface area contributed by atoms with Gasteiger partial charge in [0.1, 0.15) is 5.82 Å². The first-order chi connectivity index (χ1) is 12.7. The summed E-state index contributed by atoms with van der Waals surface area (Å²) in [7, 11) is 1.82. The van der Waals surface area contributed by atoms with Crippen LogP contribution in [0.2, 0.25) is 0 Å². The summed E-state index contributed by atoms with van der Waals surface area (Å²) in [5.74, 6) is 0.730. The van der Waals surface area contributed by atoms with Crippen molar-refractivity contribution < 1.29 is 4.79 Å². The van der Waals surface area contributed by atoms with Gasteiger partial charge in [0.25, 0.3) is 0 Å². The highest BCUT2D eigenvalue weighted by Gasteiger charge is 2.20. The SMILES string of the molecule is Cc1ccc(-n2nnnc2SCC(=O)Nc2cc(C(C)(C)C)nn2C)cc1. The molecule has 2 heterocycles. The molecule has 0 aliphatic rings. The zero-order valence-electron chi connectivity index (χ0n) is 16.1. The number of aromatic nitrogens is 6. The van der Waals surface area contributed by atoms with Gasteiger partial charge in [-0.15, -0.1) is 5.10 Å². The van der Waals surface area contributed by atoms with Crippen molar-refractivity contribution in [2.45, 2.75) is 38.3 Å². The third-order valence-electron chi connectivity index (χ3n) is 3.97. The Kier molecular flexibility index (Phi) is 5.31. The highest BCUT2D eigenvalue weighted by Crippen LogP contribution is 2.24. The van der Waals surface area contributed by atoms with Gasteiger partial charge in [-0.25, -0.2) is 0 Å². The Bertz CT molecular complexity index is 938. The molecule has 0 aliphatic heterocycles. The Labute approximate surface area is 162 Å². The molecule has 142 valence electrons. The van der Waals surface area contributed by atoms with Crippen molar-refractivity contribution in [1.29, 1.82) is 0 Å². The number of aryl methyl sites for hydroxylation is 2. The molecule has 1 N–H and O–H groups in total. The van der Waals surface area contributed by atoms with Crippen molar-refractivity contribution in [3.05, 3.63) is 41.6 Å². The molecule has 0 spiro atoms. The minimum atomic E-state index is -0.137. The van der Waals surface area contributed by atoms with Crippen LogP contribution in [0.5, 0.6) is 0 Å². The predicted octanol–water partition coefficient (Wildman–Crippen LogP) is 2.73. The third kappa shape index (κ3) is 4.54. The van der Waals surface area contributed by atoms with Crippen molar-refractivity contribution in [3.63, 3.8) is 0 Å². The summed E-state index contributed by atoms with van der Waals surface area (Å²) in [5, 5.41) is 19.7. The quantitative estimate of drug-likeness (QED) is 0.679. The van der Waals surface area contributed by atoms with Crippen LogP contribution in [-0.2, 0) is 17.3 Å². The van der Waals surface area contributed by atoms with E-state index in [1.165, 1.54) is 11.8 Å². The number of rotatable bonds is 5. The number of nitrogens with zero attached hydrogens (tertiary/aromatic N) is 6. The second-order valence-electron chi connectivity index (χ2n) is 7.33. The van der Waals surface area contributed by atoms with Gasteiger partial charge in [0.15, 0.2) is 0 Å². The summed E-state index contributed by atoms with van der Waals surface area (Å²) in [6.45, 7) is 8.28. The Hall–Kier alpha value is -2.68. The highest BCUT2D eigenvalue weighted by atomic mass is 32.2. The fourth-order valence-corrected chi connectivity index (χ4v) is 3.07. The average molecular weight is 385 g/mol. The number of nitrogens with one attached hydrogen (secondary N) is 1. The Morgan fingerprint density at radius 2 is 1.93 bits per heavy atom. The van der Waals surface area contributed by atoms with Gasteiger partial charge in [-0.3, -0.25) is 9.48 Å². The maximum atomic E-state index is 12.4. The van der Waals surface area contributed by atoms with E-state index in [0.717, 1.165) is 16.9 Å². The summed E-state index contributed by atoms with van der Waals surface area (Å²) in [6.07, 6.45) is 0. The van der Waals surface area contributed by atoms with Crippen LogP contribution in [0.1, 0.15) is 32.0 Å². The standard InChI is InChI=1S/C18H23N7OS/c1-12-6-8-13(9-7-12)25-17(20-22-23-25)27-11-16(26)19-15-10-14(18(2,3)4)21-24(15)5/h6-10H,11H2,1-5H3,(H,19,26). The molecule has 9 heteroatoms. The first-order valence-electron chi connectivity index (χ1n) is 8.56. The molecular weight excluding hydrogens is 362 g/mol. The van der Waals surface area contributed by atoms with Crippen LogP contribution in [-0.4, -0.2) is 41.6 Å². The van der Waals surface area contributed by atoms with Gasteiger partial charge in [0.05, 0.1) is 17.1 Å². The number of benzene rings is 1. The van der Waals surface area contributed by atoms with Crippen LogP contribution in [0.3, 0.4) is 0 Å². The molecule has 0 unspecified atom stereocenters. The zero-order valence-corrected chi connectivity index (χ0v) is 16.9. The number of thioether (sulfide) groups is 1. The molecule has 0 aliphatic carbocycles. The molecule has 27 heavy (non-hydrogen) atoms. The normalized spacial score (nSPS) is 11.6. The van der Waals surface area contributed by atoms with Gasteiger partial charge in [-0.2, -0.15) is 9.78 Å². The Morgan fingerprint density at radius 1 is 1.22 bits per heavy atom. The summed E-state index contributed by atoms with van der Waals surface area (Å²) >= 11 is 1.28. The summed E-state index contributed by atoms with van der Waals surface area (Å²) < 4.78 is 3.30. The minimum absolute atomic E-state index is 0.0778. The van der Waals surface area contributed by atoms with Crippen LogP contribution < -0.4 is 5.32 Å². The molecule has 3 rings (SSSR count). The molecule has 1 amide bonds. The van der Waals surface area contributed by atoms with Crippen LogP contribution in [0.25, 0.3) is 5.69 Å². The largest absolute Gasteiger partial charge is 0.310 e. The van der Waals surface area contributed by atoms with Crippen molar-refractivity contribution in [2.24, 2.45) is 7.05 Å². The number of carbonyl (C=O) groups is 1. The van der Waals surface area contributed by atoms with E-state index in [1.54, 1.807) is 9.36 Å². The van der Waals surface area contributed by atoms with E-state index >= 15 is 0 Å². The molecule has 0 bridgehead atoms. The lowest BCUT2D eigenvalue weighted by Crippen LogP contribution is -2.16. The summed E-state index contributed by atoms with van der Waals surface area (Å²) in [6, 6.07) is 9.78. The first-order valence-corrected chi connectivity index (χ1v) is 9.55. The second-order valence-corrected chi connectivity index (χ2v) is 8.28. The summed E-state index contributed by atoms with van der Waals surface area (Å²) in [5.41, 5.74) is 2.86. The maximum Gasteiger partial charge on any atom is 0.235 e. The number of hydrogen-bond acceptors (Lipinski definition) is 6. The Morgan fingerprint density at radius 3 is 2.56 bits per heavy atom. The van der Waals surface area contributed by atoms with Crippen molar-refractivity contribution in [2.75, 3.05) is 11.1 Å². The van der Waals surface area contributed by atoms with Crippen LogP contribution in [0, 0.1) is 6.92 Å². The fraction of sp³-hybridized carbons (Fsp3) is 0.389. The predicted molar refractivity (Wildman–Crippen MR) is 105 cm³/mol. The van der Waals surface area contributed by atoms with E-state index in [4.69, 9.17) is 0 Å². The molecule has 0 saturated carbocycles. The molecule has 0 radical (unpaired) electrons. The van der Waals surface area contributed by atoms with Gasteiger partial charge in [-0.1, -0.05) is 50.2 Å². The van der Waals surface area contributed by atoms with Crippen LogP contribution in [0.15, 0.2) is 35.5 Å². The minimum Gasteiger partial charge on any atom is -0.310 e. The average Bonchev–Trinajstić information content (AvgIpc) is 3.20. The van der Waals surface area contributed by atoms with E-state index in [1.807, 2.05) is 44.3 Å². The topological polar surface area (TPSA) is 90.5 Å². The molecule has 3 aromatic rings. The molecule has 0 fully saturated rings. The molecule has 0 atom stereocenters. The van der Waals surface area contributed by atoms with Crippen LogP contribution in [0.4, 0.5) is 5.82 Å². The van der Waals surface area contributed by atoms with E-state index in [-0.39, 0.29) is 17.1 Å². The number of carbonyl (C=O) groups excluding carboxylic acids is 1. The van der Waals surface area contributed by atoms with Crippen molar-refractivity contribution in [1.82, 2.24) is 30.0 Å². The lowest BCUT2D eigenvalue weighted by atomic mass is 9.92. The summed E-state index contributed by atoms with van der Waals surface area (Å²) in [4.78, 5) is 12.4. The van der Waals surface area contributed by atoms with Gasteiger partial charge < -0.3 is 5.32 Å². The number of hydrogen-bond donors (Lipinski definition) is 1. The number of anilines is 1. The van der Waals surface area contributed by atoms with E-state index in [2.05, 4.69) is 46.7 Å². The maximum absolute atomic E-state index is 12.4. The van der Waals surface area contributed by atoms with Crippen molar-refractivity contribution >= 4 is 23.5 Å². The fourth-order valence-electron chi connectivity index (χ4n) is 2.38. The van der Waals surface area contributed by atoms with Gasteiger partial charge in [0, 0.05) is 18.5 Å². The first kappa shape index (κ1) is 19.1. The number of tetrazole rings is 1. The van der Waals surface area contributed by atoms with E-state index < -0.39 is 0 Å². The monoisotopic (exact) mass is 385 g/mol. The smallest absolute Gasteiger partial charge is 0.235 e. The van der Waals surface area contributed by atoms with Crippen molar-refractivity contribution in [3.8, 4) is 5.69 Å². The molecule has 1 aromatic carbocycles. The molecule has 8 nitrogen and oxygen atoms in total. The lowest BCUT2D eigenvalue weighted by Gasteiger charge is -2.13. The van der Waals surface area contributed by atoms with Gasteiger partial charge in [0.2, 0.25) is 11.1 Å². The lowest BCUT2D eigenvalue weighted by molar-refractivity contribution is -0.113. The highest BCUT2D eigenvalue weighted by molar-refractivity contribution is 7.99.